The molecule has 3 aromatic rings. The molecule has 34 heavy (non-hydrogen) atoms. The van der Waals surface area contributed by atoms with E-state index >= 15 is 0 Å². The molecule has 4 rings (SSSR count). The molecule has 1 aliphatic rings. The highest BCUT2D eigenvalue weighted by Gasteiger charge is 2.17. The summed E-state index contributed by atoms with van der Waals surface area (Å²) in [5.41, 5.74) is 5.18. The lowest BCUT2D eigenvalue weighted by atomic mass is 10.1. The van der Waals surface area contributed by atoms with Crippen LogP contribution in [0.1, 0.15) is 45.5 Å². The van der Waals surface area contributed by atoms with Crippen LogP contribution in [0.25, 0.3) is 0 Å². The first kappa shape index (κ1) is 24.0. The zero-order valence-corrected chi connectivity index (χ0v) is 20.5. The van der Waals surface area contributed by atoms with Crippen LogP contribution in [0, 0.1) is 13.8 Å². The predicted molar refractivity (Wildman–Crippen MR) is 135 cm³/mol. The van der Waals surface area contributed by atoms with Gasteiger partial charge in [0.1, 0.15) is 0 Å². The Morgan fingerprint density at radius 1 is 0.882 bits per heavy atom. The molecular formula is C27H31N3O3S. The zero-order chi connectivity index (χ0) is 24.1. The number of nitrogens with zero attached hydrogens (tertiary/aromatic N) is 1. The van der Waals surface area contributed by atoms with E-state index in [1.165, 1.54) is 30.5 Å². The van der Waals surface area contributed by atoms with E-state index in [1.54, 1.807) is 18.2 Å². The number of sulfonamides is 1. The van der Waals surface area contributed by atoms with Crippen molar-refractivity contribution in [3.63, 3.8) is 0 Å². The van der Waals surface area contributed by atoms with Gasteiger partial charge in [0.25, 0.3) is 15.9 Å². The van der Waals surface area contributed by atoms with Gasteiger partial charge in [0.05, 0.1) is 10.6 Å². The lowest BCUT2D eigenvalue weighted by molar-refractivity contribution is 0.0950. The highest BCUT2D eigenvalue weighted by molar-refractivity contribution is 7.92. The Hall–Kier alpha value is -3.16. The van der Waals surface area contributed by atoms with Crippen LogP contribution in [0.5, 0.6) is 0 Å². The number of nitrogens with one attached hydrogen (secondary N) is 2. The first-order valence-electron chi connectivity index (χ1n) is 11.6. The minimum Gasteiger partial charge on any atom is -0.348 e. The third-order valence-electron chi connectivity index (χ3n) is 6.43. The largest absolute Gasteiger partial charge is 0.348 e. The summed E-state index contributed by atoms with van der Waals surface area (Å²) >= 11 is 0. The molecule has 0 bridgehead atoms. The van der Waals surface area contributed by atoms with Gasteiger partial charge in [-0.1, -0.05) is 36.4 Å². The quantitative estimate of drug-likeness (QED) is 0.496. The molecule has 1 amide bonds. The summed E-state index contributed by atoms with van der Waals surface area (Å²) in [5, 5.41) is 2.97. The summed E-state index contributed by atoms with van der Waals surface area (Å²) in [6.07, 6.45) is 2.48. The SMILES string of the molecule is Cc1cccc(NS(=O)(=O)c2ccc(C(=O)NCc3ccccc3CN3CCCC3)cc2)c1C. The topological polar surface area (TPSA) is 78.5 Å². The van der Waals surface area contributed by atoms with E-state index in [0.717, 1.165) is 36.3 Å². The van der Waals surface area contributed by atoms with Crippen molar-refractivity contribution in [2.24, 2.45) is 0 Å². The number of rotatable bonds is 8. The molecule has 1 aliphatic heterocycles. The van der Waals surface area contributed by atoms with Gasteiger partial charge >= 0.3 is 0 Å². The summed E-state index contributed by atoms with van der Waals surface area (Å²) in [5.74, 6) is -0.234. The molecule has 0 saturated carbocycles. The summed E-state index contributed by atoms with van der Waals surface area (Å²) < 4.78 is 28.3. The molecule has 0 spiro atoms. The van der Waals surface area contributed by atoms with Crippen LogP contribution in [-0.4, -0.2) is 32.3 Å². The fourth-order valence-corrected chi connectivity index (χ4v) is 5.32. The van der Waals surface area contributed by atoms with Crippen molar-refractivity contribution in [2.45, 2.75) is 44.7 Å². The van der Waals surface area contributed by atoms with Gasteiger partial charge in [-0.2, -0.15) is 0 Å². The van der Waals surface area contributed by atoms with E-state index in [4.69, 9.17) is 0 Å². The van der Waals surface area contributed by atoms with Crippen molar-refractivity contribution in [3.8, 4) is 0 Å². The van der Waals surface area contributed by atoms with Crippen molar-refractivity contribution < 1.29 is 13.2 Å². The van der Waals surface area contributed by atoms with Crippen LogP contribution < -0.4 is 10.0 Å². The molecule has 1 heterocycles. The molecule has 1 fully saturated rings. The fraction of sp³-hybridized carbons (Fsp3) is 0.296. The highest BCUT2D eigenvalue weighted by atomic mass is 32.2. The Bertz CT molecular complexity index is 1260. The number of likely N-dealkylation sites (tertiary alicyclic amines) is 1. The molecule has 6 nitrogen and oxygen atoms in total. The van der Waals surface area contributed by atoms with Crippen molar-refractivity contribution in [1.29, 1.82) is 0 Å². The van der Waals surface area contributed by atoms with Crippen LogP contribution in [0.3, 0.4) is 0 Å². The number of hydrogen-bond donors (Lipinski definition) is 2. The van der Waals surface area contributed by atoms with Crippen LogP contribution in [0.2, 0.25) is 0 Å². The average molecular weight is 478 g/mol. The monoisotopic (exact) mass is 477 g/mol. The number of carbonyl (C=O) groups is 1. The van der Waals surface area contributed by atoms with Crippen LogP contribution >= 0.6 is 0 Å². The van der Waals surface area contributed by atoms with Gasteiger partial charge in [-0.25, -0.2) is 8.42 Å². The zero-order valence-electron chi connectivity index (χ0n) is 19.7. The van der Waals surface area contributed by atoms with Gasteiger partial charge in [-0.3, -0.25) is 14.4 Å². The van der Waals surface area contributed by atoms with Gasteiger partial charge < -0.3 is 5.32 Å². The lowest BCUT2D eigenvalue weighted by Crippen LogP contribution is -2.25. The van der Waals surface area contributed by atoms with Gasteiger partial charge in [0, 0.05) is 18.7 Å². The minimum atomic E-state index is -3.75. The number of anilines is 1. The lowest BCUT2D eigenvalue weighted by Gasteiger charge is -2.17. The van der Waals surface area contributed by atoms with Crippen LogP contribution in [-0.2, 0) is 23.1 Å². The molecule has 3 aromatic carbocycles. The number of aryl methyl sites for hydroxylation is 1. The summed E-state index contributed by atoms with van der Waals surface area (Å²) in [4.78, 5) is 15.3. The molecule has 0 aromatic heterocycles. The van der Waals surface area contributed by atoms with E-state index in [1.807, 2.05) is 44.2 Å². The van der Waals surface area contributed by atoms with E-state index < -0.39 is 10.0 Å². The van der Waals surface area contributed by atoms with E-state index in [0.29, 0.717) is 17.8 Å². The Labute approximate surface area is 202 Å². The first-order chi connectivity index (χ1) is 16.3. The second kappa shape index (κ2) is 10.4. The van der Waals surface area contributed by atoms with Gasteiger partial charge in [0.15, 0.2) is 0 Å². The van der Waals surface area contributed by atoms with E-state index in [9.17, 15) is 13.2 Å². The van der Waals surface area contributed by atoms with Crippen molar-refractivity contribution in [1.82, 2.24) is 10.2 Å². The normalized spacial score (nSPS) is 14.2. The molecule has 178 valence electrons. The molecule has 0 atom stereocenters. The van der Waals surface area contributed by atoms with Crippen molar-refractivity contribution in [3.05, 3.63) is 94.5 Å². The smallest absolute Gasteiger partial charge is 0.261 e. The molecule has 0 unspecified atom stereocenters. The average Bonchev–Trinajstić information content (AvgIpc) is 3.34. The van der Waals surface area contributed by atoms with Gasteiger partial charge in [-0.05, 0) is 92.4 Å². The van der Waals surface area contributed by atoms with E-state index in [-0.39, 0.29) is 10.8 Å². The van der Waals surface area contributed by atoms with Crippen molar-refractivity contribution >= 4 is 21.6 Å². The molecule has 0 aliphatic carbocycles. The second-order valence-corrected chi connectivity index (χ2v) is 10.5. The van der Waals surface area contributed by atoms with Crippen LogP contribution in [0.15, 0.2) is 71.6 Å². The highest BCUT2D eigenvalue weighted by Crippen LogP contribution is 2.22. The third kappa shape index (κ3) is 5.66. The maximum absolute atomic E-state index is 12.8. The molecule has 2 N–H and O–H groups in total. The molecule has 1 saturated heterocycles. The summed E-state index contributed by atoms with van der Waals surface area (Å²) in [7, 11) is -3.75. The molecular weight excluding hydrogens is 446 g/mol. The number of hydrogen-bond acceptors (Lipinski definition) is 4. The van der Waals surface area contributed by atoms with Crippen molar-refractivity contribution in [2.75, 3.05) is 17.8 Å². The minimum absolute atomic E-state index is 0.112. The standard InChI is InChI=1S/C27H31N3O3S/c1-20-8-7-11-26(21(20)2)29-34(32,33)25-14-12-22(13-15-25)27(31)28-18-23-9-3-4-10-24(23)19-30-16-5-6-17-30/h3-4,7-15,29H,5-6,16-19H2,1-2H3,(H,28,31). The van der Waals surface area contributed by atoms with Crippen LogP contribution in [0.4, 0.5) is 5.69 Å². The van der Waals surface area contributed by atoms with E-state index in [2.05, 4.69) is 21.0 Å². The maximum Gasteiger partial charge on any atom is 0.261 e. The number of amides is 1. The number of carbonyl (C=O) groups excluding carboxylic acids is 1. The Morgan fingerprint density at radius 2 is 1.56 bits per heavy atom. The third-order valence-corrected chi connectivity index (χ3v) is 7.81. The Balaban J connectivity index is 1.40. The van der Waals surface area contributed by atoms with Gasteiger partial charge in [-0.15, -0.1) is 0 Å². The second-order valence-electron chi connectivity index (χ2n) is 8.81. The van der Waals surface area contributed by atoms with Gasteiger partial charge in [0.2, 0.25) is 0 Å². The Morgan fingerprint density at radius 3 is 2.26 bits per heavy atom. The Kier molecular flexibility index (Phi) is 7.34. The fourth-order valence-electron chi connectivity index (χ4n) is 4.19. The molecule has 0 radical (unpaired) electrons. The number of benzene rings is 3. The first-order valence-corrected chi connectivity index (χ1v) is 13.1. The molecule has 7 heteroatoms. The summed E-state index contributed by atoms with van der Waals surface area (Å²) in [6, 6.07) is 19.7. The maximum atomic E-state index is 12.8. The predicted octanol–water partition coefficient (Wildman–Crippen LogP) is 4.63. The summed E-state index contributed by atoms with van der Waals surface area (Å²) in [6.45, 7) is 7.38.